The molecule has 98 valence electrons. The van der Waals surface area contributed by atoms with Crippen LogP contribution in [0.4, 0.5) is 5.82 Å². The summed E-state index contributed by atoms with van der Waals surface area (Å²) in [6, 6.07) is 4.57. The highest BCUT2D eigenvalue weighted by atomic mass is 15.1. The minimum atomic E-state index is 0.568. The predicted octanol–water partition coefficient (Wildman–Crippen LogP) is 2.89. The van der Waals surface area contributed by atoms with E-state index in [1.165, 1.54) is 31.4 Å². The fraction of sp³-hybridized carbons (Fsp3) is 0.467. The second kappa shape index (κ2) is 4.08. The van der Waals surface area contributed by atoms with Crippen LogP contribution >= 0.6 is 0 Å². The first-order valence-corrected chi connectivity index (χ1v) is 7.05. The van der Waals surface area contributed by atoms with E-state index in [2.05, 4.69) is 14.5 Å². The van der Waals surface area contributed by atoms with Crippen molar-refractivity contribution in [2.45, 2.75) is 31.7 Å². The molecule has 0 amide bonds. The van der Waals surface area contributed by atoms with Gasteiger partial charge in [0.1, 0.15) is 5.82 Å². The van der Waals surface area contributed by atoms with E-state index in [1.807, 2.05) is 24.7 Å². The summed E-state index contributed by atoms with van der Waals surface area (Å²) in [7, 11) is 0. The lowest BCUT2D eigenvalue weighted by Gasteiger charge is -2.25. The molecule has 2 aliphatic carbocycles. The first kappa shape index (κ1) is 11.0. The summed E-state index contributed by atoms with van der Waals surface area (Å²) in [6.07, 6.45) is 11.2. The minimum Gasteiger partial charge on any atom is -0.384 e. The maximum absolute atomic E-state index is 5.79. The third-order valence-corrected chi connectivity index (χ3v) is 4.80. The molecule has 2 fully saturated rings. The van der Waals surface area contributed by atoms with Gasteiger partial charge in [-0.1, -0.05) is 6.42 Å². The van der Waals surface area contributed by atoms with E-state index in [9.17, 15) is 0 Å². The Labute approximate surface area is 112 Å². The van der Waals surface area contributed by atoms with Gasteiger partial charge in [-0.15, -0.1) is 0 Å². The molecule has 2 aliphatic rings. The molecular formula is C15H18N4. The zero-order valence-corrected chi connectivity index (χ0v) is 10.9. The zero-order valence-electron chi connectivity index (χ0n) is 10.9. The van der Waals surface area contributed by atoms with Crippen molar-refractivity contribution in [3.63, 3.8) is 0 Å². The number of aromatic nitrogens is 3. The number of nitrogen functional groups attached to an aromatic ring is 1. The maximum atomic E-state index is 5.79. The highest BCUT2D eigenvalue weighted by molar-refractivity contribution is 5.62. The van der Waals surface area contributed by atoms with E-state index in [1.54, 1.807) is 6.20 Å². The lowest BCUT2D eigenvalue weighted by atomic mass is 9.95. The minimum absolute atomic E-state index is 0.568. The van der Waals surface area contributed by atoms with Crippen LogP contribution in [0.5, 0.6) is 0 Å². The molecule has 4 rings (SSSR count). The van der Waals surface area contributed by atoms with Gasteiger partial charge in [-0.25, -0.2) is 9.97 Å². The second-order valence-corrected chi connectivity index (χ2v) is 5.90. The number of nitrogens with zero attached hydrogens (tertiary/aromatic N) is 3. The molecular weight excluding hydrogens is 236 g/mol. The number of hydrogen-bond donors (Lipinski definition) is 1. The van der Waals surface area contributed by atoms with Crippen molar-refractivity contribution in [3.05, 3.63) is 30.9 Å². The van der Waals surface area contributed by atoms with Crippen LogP contribution in [0.2, 0.25) is 0 Å². The highest BCUT2D eigenvalue weighted by Gasteiger charge is 2.40. The van der Waals surface area contributed by atoms with Gasteiger partial charge in [-0.2, -0.15) is 0 Å². The third-order valence-electron chi connectivity index (χ3n) is 4.80. The lowest BCUT2D eigenvalue weighted by Crippen LogP contribution is -2.16. The van der Waals surface area contributed by atoms with Crippen molar-refractivity contribution in [2.75, 3.05) is 5.73 Å². The van der Waals surface area contributed by atoms with Gasteiger partial charge in [0.15, 0.2) is 0 Å². The van der Waals surface area contributed by atoms with Crippen LogP contribution in [-0.4, -0.2) is 14.5 Å². The summed E-state index contributed by atoms with van der Waals surface area (Å²) in [5, 5.41) is 0. The van der Waals surface area contributed by atoms with Crippen molar-refractivity contribution in [3.8, 4) is 11.3 Å². The molecule has 2 aromatic heterocycles. The SMILES string of the molecule is Nc1cc(-c2cncn2C2CC3CCC2C3)ccn1. The van der Waals surface area contributed by atoms with Gasteiger partial charge in [0.05, 0.1) is 18.2 Å². The van der Waals surface area contributed by atoms with Crippen molar-refractivity contribution >= 4 is 5.82 Å². The molecule has 4 nitrogen and oxygen atoms in total. The Morgan fingerprint density at radius 2 is 2.21 bits per heavy atom. The Morgan fingerprint density at radius 1 is 1.26 bits per heavy atom. The maximum Gasteiger partial charge on any atom is 0.123 e. The van der Waals surface area contributed by atoms with Crippen LogP contribution in [0, 0.1) is 11.8 Å². The average molecular weight is 254 g/mol. The van der Waals surface area contributed by atoms with Crippen molar-refractivity contribution in [2.24, 2.45) is 11.8 Å². The van der Waals surface area contributed by atoms with E-state index >= 15 is 0 Å². The van der Waals surface area contributed by atoms with Gasteiger partial charge in [-0.3, -0.25) is 0 Å². The first-order chi connectivity index (χ1) is 9.31. The number of imidazole rings is 1. The van der Waals surface area contributed by atoms with Crippen LogP contribution in [0.1, 0.15) is 31.7 Å². The van der Waals surface area contributed by atoms with Crippen LogP contribution in [0.25, 0.3) is 11.3 Å². The quantitative estimate of drug-likeness (QED) is 0.896. The summed E-state index contributed by atoms with van der Waals surface area (Å²) >= 11 is 0. The fourth-order valence-electron chi connectivity index (χ4n) is 3.95. The Kier molecular flexibility index (Phi) is 2.37. The Morgan fingerprint density at radius 3 is 2.95 bits per heavy atom. The molecule has 2 bridgehead atoms. The van der Waals surface area contributed by atoms with Gasteiger partial charge < -0.3 is 10.3 Å². The molecule has 3 unspecified atom stereocenters. The van der Waals surface area contributed by atoms with E-state index in [0.29, 0.717) is 11.9 Å². The van der Waals surface area contributed by atoms with Crippen molar-refractivity contribution in [1.82, 2.24) is 14.5 Å². The van der Waals surface area contributed by atoms with Gasteiger partial charge in [0, 0.05) is 17.8 Å². The number of anilines is 1. The summed E-state index contributed by atoms with van der Waals surface area (Å²) in [4.78, 5) is 8.42. The van der Waals surface area contributed by atoms with Gasteiger partial charge in [-0.05, 0) is 43.2 Å². The third kappa shape index (κ3) is 1.74. The topological polar surface area (TPSA) is 56.7 Å². The molecule has 2 aromatic rings. The van der Waals surface area contributed by atoms with Gasteiger partial charge in [0.25, 0.3) is 0 Å². The first-order valence-electron chi connectivity index (χ1n) is 7.05. The molecule has 0 aliphatic heterocycles. The van der Waals surface area contributed by atoms with E-state index < -0.39 is 0 Å². The molecule has 2 heterocycles. The molecule has 0 radical (unpaired) electrons. The summed E-state index contributed by atoms with van der Waals surface area (Å²) in [5.74, 6) is 2.35. The molecule has 19 heavy (non-hydrogen) atoms. The number of rotatable bonds is 2. The molecule has 3 atom stereocenters. The number of pyridine rings is 1. The highest BCUT2D eigenvalue weighted by Crippen LogP contribution is 2.51. The Hall–Kier alpha value is -1.84. The average Bonchev–Trinajstić information content (AvgIpc) is 3.14. The number of nitrogens with two attached hydrogens (primary N) is 1. The second-order valence-electron chi connectivity index (χ2n) is 5.90. The molecule has 0 aromatic carbocycles. The zero-order chi connectivity index (χ0) is 12.8. The van der Waals surface area contributed by atoms with E-state index in [-0.39, 0.29) is 0 Å². The van der Waals surface area contributed by atoms with Crippen molar-refractivity contribution in [1.29, 1.82) is 0 Å². The van der Waals surface area contributed by atoms with Gasteiger partial charge in [0.2, 0.25) is 0 Å². The Balaban J connectivity index is 1.73. The molecule has 2 N–H and O–H groups in total. The monoisotopic (exact) mass is 254 g/mol. The van der Waals surface area contributed by atoms with Crippen LogP contribution in [0.3, 0.4) is 0 Å². The Bertz CT molecular complexity index is 604. The smallest absolute Gasteiger partial charge is 0.123 e. The predicted molar refractivity (Wildman–Crippen MR) is 74.4 cm³/mol. The van der Waals surface area contributed by atoms with E-state index in [0.717, 1.165) is 17.4 Å². The number of hydrogen-bond acceptors (Lipinski definition) is 3. The molecule has 0 saturated heterocycles. The van der Waals surface area contributed by atoms with Gasteiger partial charge >= 0.3 is 0 Å². The van der Waals surface area contributed by atoms with Crippen LogP contribution in [-0.2, 0) is 0 Å². The normalized spacial score (nSPS) is 28.9. The standard InChI is InChI=1S/C15H18N4/c16-15-7-12(3-4-18-15)14-8-17-9-19(14)13-6-10-1-2-11(13)5-10/h3-4,7-11,13H,1-2,5-6H2,(H2,16,18). The lowest BCUT2D eigenvalue weighted by molar-refractivity contribution is 0.332. The fourth-order valence-corrected chi connectivity index (χ4v) is 3.95. The van der Waals surface area contributed by atoms with Crippen LogP contribution in [0.15, 0.2) is 30.9 Å². The van der Waals surface area contributed by atoms with Crippen LogP contribution < -0.4 is 5.73 Å². The summed E-state index contributed by atoms with van der Waals surface area (Å²) in [6.45, 7) is 0. The summed E-state index contributed by atoms with van der Waals surface area (Å²) < 4.78 is 2.36. The number of fused-ring (bicyclic) bond motifs is 2. The van der Waals surface area contributed by atoms with Crippen molar-refractivity contribution < 1.29 is 0 Å². The molecule has 2 saturated carbocycles. The largest absolute Gasteiger partial charge is 0.384 e. The van der Waals surface area contributed by atoms with E-state index in [4.69, 9.17) is 5.73 Å². The molecule has 0 spiro atoms. The summed E-state index contributed by atoms with van der Waals surface area (Å²) in [5.41, 5.74) is 8.08. The molecule has 4 heteroatoms.